The molecule has 1 aromatic carbocycles. The molecule has 0 aliphatic carbocycles. The number of benzene rings is 1. The van der Waals surface area contributed by atoms with Crippen molar-refractivity contribution in [1.29, 1.82) is 0 Å². The van der Waals surface area contributed by atoms with E-state index in [1.54, 1.807) is 6.92 Å². The van der Waals surface area contributed by atoms with Crippen LogP contribution in [-0.4, -0.2) is 38.9 Å². The zero-order valence-corrected chi connectivity index (χ0v) is 13.2. The fourth-order valence-electron chi connectivity index (χ4n) is 2.68. The van der Waals surface area contributed by atoms with Crippen LogP contribution in [0.15, 0.2) is 35.9 Å². The third-order valence-corrected chi connectivity index (χ3v) is 3.83. The standard InChI is InChI=1S/C16H14F4N4O/c1-10-3-2-8-23(9-10)15(25)13-14(16(18,19)20)24(22-21-13)12-6-4-11(17)5-7-12/h3-7H,2,8-9H2,1H3. The highest BCUT2D eigenvalue weighted by Gasteiger charge is 2.43. The maximum atomic E-state index is 13.6. The van der Waals surface area contributed by atoms with Gasteiger partial charge in [-0.05, 0) is 37.6 Å². The van der Waals surface area contributed by atoms with E-state index in [-0.39, 0.29) is 12.2 Å². The maximum absolute atomic E-state index is 13.6. The van der Waals surface area contributed by atoms with Gasteiger partial charge in [0.1, 0.15) is 5.82 Å². The van der Waals surface area contributed by atoms with Crippen LogP contribution in [0, 0.1) is 5.82 Å². The lowest BCUT2D eigenvalue weighted by Gasteiger charge is -2.25. The fourth-order valence-corrected chi connectivity index (χ4v) is 2.68. The molecule has 0 spiro atoms. The van der Waals surface area contributed by atoms with Gasteiger partial charge in [0.2, 0.25) is 0 Å². The number of alkyl halides is 3. The van der Waals surface area contributed by atoms with Gasteiger partial charge in [0, 0.05) is 13.1 Å². The normalized spacial score (nSPS) is 15.2. The smallest absolute Gasteiger partial charge is 0.333 e. The molecule has 25 heavy (non-hydrogen) atoms. The Bertz CT molecular complexity index is 824. The molecule has 3 rings (SSSR count). The van der Waals surface area contributed by atoms with Crippen LogP contribution in [0.25, 0.3) is 5.69 Å². The zero-order valence-electron chi connectivity index (χ0n) is 13.2. The lowest BCUT2D eigenvalue weighted by atomic mass is 10.1. The van der Waals surface area contributed by atoms with E-state index in [1.165, 1.54) is 4.90 Å². The second-order valence-electron chi connectivity index (χ2n) is 5.74. The molecular formula is C16H14F4N4O. The van der Waals surface area contributed by atoms with E-state index in [9.17, 15) is 22.4 Å². The minimum Gasteiger partial charge on any atom is -0.333 e. The molecular weight excluding hydrogens is 340 g/mol. The van der Waals surface area contributed by atoms with Crippen molar-refractivity contribution in [2.75, 3.05) is 13.1 Å². The van der Waals surface area contributed by atoms with Gasteiger partial charge in [0.05, 0.1) is 5.69 Å². The summed E-state index contributed by atoms with van der Waals surface area (Å²) < 4.78 is 54.2. The molecule has 1 amide bonds. The highest BCUT2D eigenvalue weighted by molar-refractivity contribution is 5.94. The SMILES string of the molecule is CC1=CCCN(C(=O)c2nnn(-c3ccc(F)cc3)c2C(F)(F)F)C1. The highest BCUT2D eigenvalue weighted by atomic mass is 19.4. The number of amides is 1. The summed E-state index contributed by atoms with van der Waals surface area (Å²) in [5.74, 6) is -1.42. The molecule has 0 unspecified atom stereocenters. The van der Waals surface area contributed by atoms with E-state index in [2.05, 4.69) is 10.3 Å². The van der Waals surface area contributed by atoms with Gasteiger partial charge in [-0.1, -0.05) is 16.9 Å². The molecule has 9 heteroatoms. The minimum atomic E-state index is -4.84. The number of nitrogens with zero attached hydrogens (tertiary/aromatic N) is 4. The first kappa shape index (κ1) is 17.1. The van der Waals surface area contributed by atoms with Gasteiger partial charge in [-0.2, -0.15) is 13.2 Å². The summed E-state index contributed by atoms with van der Waals surface area (Å²) in [6.07, 6.45) is -2.33. The van der Waals surface area contributed by atoms with E-state index in [0.717, 1.165) is 29.8 Å². The van der Waals surface area contributed by atoms with Crippen LogP contribution in [0.3, 0.4) is 0 Å². The molecule has 0 atom stereocenters. The van der Waals surface area contributed by atoms with Crippen LogP contribution in [0.4, 0.5) is 17.6 Å². The molecule has 1 aromatic heterocycles. The summed E-state index contributed by atoms with van der Waals surface area (Å²) in [7, 11) is 0. The Balaban J connectivity index is 2.04. The van der Waals surface area contributed by atoms with Gasteiger partial charge in [-0.25, -0.2) is 9.07 Å². The quantitative estimate of drug-likeness (QED) is 0.615. The molecule has 0 radical (unpaired) electrons. The largest absolute Gasteiger partial charge is 0.435 e. The Morgan fingerprint density at radius 1 is 1.20 bits per heavy atom. The van der Waals surface area contributed by atoms with Crippen molar-refractivity contribution in [3.05, 3.63) is 53.1 Å². The molecule has 0 bridgehead atoms. The van der Waals surface area contributed by atoms with Crippen LogP contribution in [-0.2, 0) is 6.18 Å². The Hall–Kier alpha value is -2.71. The molecule has 2 heterocycles. The molecule has 0 N–H and O–H groups in total. The summed E-state index contributed by atoms with van der Waals surface area (Å²) in [4.78, 5) is 13.8. The number of carbonyl (C=O) groups excluding carboxylic acids is 1. The Morgan fingerprint density at radius 3 is 2.48 bits per heavy atom. The first-order valence-corrected chi connectivity index (χ1v) is 7.51. The number of hydrogen-bond donors (Lipinski definition) is 0. The Kier molecular flexibility index (Phi) is 4.32. The molecule has 1 aliphatic heterocycles. The van der Waals surface area contributed by atoms with Crippen molar-refractivity contribution in [1.82, 2.24) is 19.9 Å². The highest BCUT2D eigenvalue weighted by Crippen LogP contribution is 2.33. The van der Waals surface area contributed by atoms with Crippen molar-refractivity contribution in [3.63, 3.8) is 0 Å². The second-order valence-corrected chi connectivity index (χ2v) is 5.74. The fraction of sp³-hybridized carbons (Fsp3) is 0.312. The van der Waals surface area contributed by atoms with Crippen molar-refractivity contribution in [2.45, 2.75) is 19.5 Å². The monoisotopic (exact) mass is 354 g/mol. The second kappa shape index (κ2) is 6.30. The average Bonchev–Trinajstić information content (AvgIpc) is 3.00. The van der Waals surface area contributed by atoms with Gasteiger partial charge in [0.15, 0.2) is 11.4 Å². The van der Waals surface area contributed by atoms with Gasteiger partial charge in [0.25, 0.3) is 5.91 Å². The van der Waals surface area contributed by atoms with E-state index >= 15 is 0 Å². The number of carbonyl (C=O) groups is 1. The summed E-state index contributed by atoms with van der Waals surface area (Å²) in [5, 5.41) is 6.95. The van der Waals surface area contributed by atoms with Crippen LogP contribution in [0.2, 0.25) is 0 Å². The first-order chi connectivity index (χ1) is 11.8. The minimum absolute atomic E-state index is 0.0324. The zero-order chi connectivity index (χ0) is 18.2. The van der Waals surface area contributed by atoms with Gasteiger partial charge < -0.3 is 4.90 Å². The first-order valence-electron chi connectivity index (χ1n) is 7.51. The third kappa shape index (κ3) is 3.40. The van der Waals surface area contributed by atoms with Crippen molar-refractivity contribution in [3.8, 4) is 5.69 Å². The molecule has 132 valence electrons. The van der Waals surface area contributed by atoms with E-state index in [0.29, 0.717) is 17.6 Å². The van der Waals surface area contributed by atoms with Gasteiger partial charge in [-0.15, -0.1) is 5.10 Å². The van der Waals surface area contributed by atoms with Crippen molar-refractivity contribution < 1.29 is 22.4 Å². The lowest BCUT2D eigenvalue weighted by Crippen LogP contribution is -2.36. The van der Waals surface area contributed by atoms with Crippen LogP contribution < -0.4 is 0 Å². The van der Waals surface area contributed by atoms with Crippen LogP contribution >= 0.6 is 0 Å². The Labute approximate surface area is 140 Å². The molecule has 1 aliphatic rings. The average molecular weight is 354 g/mol. The third-order valence-electron chi connectivity index (χ3n) is 3.83. The van der Waals surface area contributed by atoms with Crippen molar-refractivity contribution in [2.24, 2.45) is 0 Å². The number of hydrogen-bond acceptors (Lipinski definition) is 3. The van der Waals surface area contributed by atoms with E-state index in [4.69, 9.17) is 0 Å². The number of aromatic nitrogens is 3. The number of rotatable bonds is 2. The molecule has 0 saturated heterocycles. The van der Waals surface area contributed by atoms with Crippen LogP contribution in [0.1, 0.15) is 29.5 Å². The predicted octanol–water partition coefficient (Wildman–Crippen LogP) is 3.22. The molecule has 5 nitrogen and oxygen atoms in total. The van der Waals surface area contributed by atoms with Gasteiger partial charge in [-0.3, -0.25) is 4.79 Å². The van der Waals surface area contributed by atoms with E-state index in [1.807, 2.05) is 6.08 Å². The predicted molar refractivity (Wildman–Crippen MR) is 80.6 cm³/mol. The molecule has 2 aromatic rings. The maximum Gasteiger partial charge on any atom is 0.435 e. The van der Waals surface area contributed by atoms with Crippen LogP contribution in [0.5, 0.6) is 0 Å². The molecule has 0 fully saturated rings. The topological polar surface area (TPSA) is 51.0 Å². The van der Waals surface area contributed by atoms with E-state index < -0.39 is 29.3 Å². The van der Waals surface area contributed by atoms with Gasteiger partial charge >= 0.3 is 6.18 Å². The Morgan fingerprint density at radius 2 is 1.88 bits per heavy atom. The number of halogens is 4. The van der Waals surface area contributed by atoms with Crippen molar-refractivity contribution >= 4 is 5.91 Å². The summed E-state index contributed by atoms with van der Waals surface area (Å²) in [6, 6.07) is 4.30. The summed E-state index contributed by atoms with van der Waals surface area (Å²) >= 11 is 0. The molecule has 0 saturated carbocycles. The summed E-state index contributed by atoms with van der Waals surface area (Å²) in [6.45, 7) is 2.37. The summed E-state index contributed by atoms with van der Waals surface area (Å²) in [5.41, 5.74) is -1.16. The lowest BCUT2D eigenvalue weighted by molar-refractivity contribution is -0.143.